The van der Waals surface area contributed by atoms with Crippen molar-refractivity contribution in [3.8, 4) is 0 Å². The maximum absolute atomic E-state index is 8.76. The van der Waals surface area contributed by atoms with E-state index in [4.69, 9.17) is 5.11 Å². The van der Waals surface area contributed by atoms with Gasteiger partial charge in [0, 0.05) is 12.4 Å². The monoisotopic (exact) mass is 109 g/mol. The minimum atomic E-state index is 0.245. The molecule has 0 aromatic carbocycles. The third kappa shape index (κ3) is 1.15. The quantitative estimate of drug-likeness (QED) is 0.487. The molecule has 0 aliphatic carbocycles. The second kappa shape index (κ2) is 2.21. The second-order valence-electron chi connectivity index (χ2n) is 1.45. The fraction of sp³-hybridized carbons (Fsp3) is 0. The molecule has 42 valence electrons. The molecule has 2 nitrogen and oxygen atoms in total. The van der Waals surface area contributed by atoms with E-state index in [1.54, 1.807) is 24.4 Å². The molecule has 0 radical (unpaired) electrons. The van der Waals surface area contributed by atoms with Crippen LogP contribution in [0, 0.1) is 0 Å². The van der Waals surface area contributed by atoms with Gasteiger partial charge in [-0.2, -0.15) is 0 Å². The van der Waals surface area contributed by atoms with Gasteiger partial charge in [0.1, 0.15) is 5.76 Å². The van der Waals surface area contributed by atoms with Crippen molar-refractivity contribution in [3.63, 3.8) is 0 Å². The standard InChI is InChI=1S/C6H7NO/c8-6-3-1-2-4-7-5-6/h1-5,7-8H. The van der Waals surface area contributed by atoms with Crippen molar-refractivity contribution in [1.82, 2.24) is 5.32 Å². The van der Waals surface area contributed by atoms with Crippen LogP contribution in [0.4, 0.5) is 0 Å². The average molecular weight is 109 g/mol. The summed E-state index contributed by atoms with van der Waals surface area (Å²) in [6, 6.07) is 0. The molecule has 8 heavy (non-hydrogen) atoms. The van der Waals surface area contributed by atoms with E-state index in [1.807, 2.05) is 0 Å². The molecule has 1 heterocycles. The van der Waals surface area contributed by atoms with Gasteiger partial charge in [-0.15, -0.1) is 0 Å². The first-order valence-corrected chi connectivity index (χ1v) is 2.38. The highest BCUT2D eigenvalue weighted by Gasteiger charge is 1.82. The SMILES string of the molecule is OC1=CNC=CC=C1. The van der Waals surface area contributed by atoms with E-state index in [0.717, 1.165) is 0 Å². The summed E-state index contributed by atoms with van der Waals surface area (Å²) in [5.74, 6) is 0.245. The average Bonchev–Trinajstić information content (AvgIpc) is 1.94. The van der Waals surface area contributed by atoms with Gasteiger partial charge >= 0.3 is 0 Å². The van der Waals surface area contributed by atoms with Crippen molar-refractivity contribution < 1.29 is 5.11 Å². The molecular formula is C6H7NO. The van der Waals surface area contributed by atoms with Gasteiger partial charge in [0.25, 0.3) is 0 Å². The number of hydrogen-bond acceptors (Lipinski definition) is 2. The molecule has 1 rings (SSSR count). The van der Waals surface area contributed by atoms with Crippen LogP contribution in [0.5, 0.6) is 0 Å². The highest BCUT2D eigenvalue weighted by Crippen LogP contribution is 1.91. The molecule has 1 aliphatic heterocycles. The normalized spacial score (nSPS) is 16.8. The molecular weight excluding hydrogens is 102 g/mol. The molecule has 0 fully saturated rings. The van der Waals surface area contributed by atoms with Crippen LogP contribution in [0.3, 0.4) is 0 Å². The highest BCUT2D eigenvalue weighted by atomic mass is 16.3. The molecule has 2 heteroatoms. The van der Waals surface area contributed by atoms with E-state index in [1.165, 1.54) is 6.20 Å². The number of rotatable bonds is 0. The van der Waals surface area contributed by atoms with Crippen LogP contribution in [-0.4, -0.2) is 5.11 Å². The molecule has 1 aliphatic rings. The van der Waals surface area contributed by atoms with E-state index in [0.29, 0.717) is 0 Å². The maximum Gasteiger partial charge on any atom is 0.131 e. The summed E-state index contributed by atoms with van der Waals surface area (Å²) in [7, 11) is 0. The molecule has 0 amide bonds. The Bertz CT molecular complexity index is 153. The molecule has 2 N–H and O–H groups in total. The smallest absolute Gasteiger partial charge is 0.131 e. The molecule has 0 aromatic rings. The molecule has 0 atom stereocenters. The fourth-order valence-corrected chi connectivity index (χ4v) is 0.447. The first-order chi connectivity index (χ1) is 3.89. The predicted molar refractivity (Wildman–Crippen MR) is 32.1 cm³/mol. The van der Waals surface area contributed by atoms with Gasteiger partial charge in [0.15, 0.2) is 0 Å². The largest absolute Gasteiger partial charge is 0.506 e. The van der Waals surface area contributed by atoms with Gasteiger partial charge in [-0.05, 0) is 12.2 Å². The van der Waals surface area contributed by atoms with Gasteiger partial charge in [-0.25, -0.2) is 0 Å². The minimum absolute atomic E-state index is 0.245. The predicted octanol–water partition coefficient (Wildman–Crippen LogP) is 1.06. The van der Waals surface area contributed by atoms with Crippen LogP contribution in [0.25, 0.3) is 0 Å². The summed E-state index contributed by atoms with van der Waals surface area (Å²) in [6.45, 7) is 0. The van der Waals surface area contributed by atoms with E-state index in [-0.39, 0.29) is 5.76 Å². The van der Waals surface area contributed by atoms with Gasteiger partial charge in [0.2, 0.25) is 0 Å². The molecule has 0 saturated heterocycles. The van der Waals surface area contributed by atoms with Crippen molar-refractivity contribution in [2.24, 2.45) is 0 Å². The van der Waals surface area contributed by atoms with E-state index < -0.39 is 0 Å². The van der Waals surface area contributed by atoms with Gasteiger partial charge in [-0.3, -0.25) is 0 Å². The summed E-state index contributed by atoms with van der Waals surface area (Å²) in [5, 5.41) is 11.5. The van der Waals surface area contributed by atoms with Crippen LogP contribution in [0.15, 0.2) is 36.4 Å². The summed E-state index contributed by atoms with van der Waals surface area (Å²) < 4.78 is 0. The van der Waals surface area contributed by atoms with Crippen LogP contribution in [-0.2, 0) is 0 Å². The summed E-state index contributed by atoms with van der Waals surface area (Å²) in [6.07, 6.45) is 8.42. The number of hydrogen-bond donors (Lipinski definition) is 2. The lowest BCUT2D eigenvalue weighted by molar-refractivity contribution is 0.429. The van der Waals surface area contributed by atoms with Crippen molar-refractivity contribution in [1.29, 1.82) is 0 Å². The number of nitrogens with one attached hydrogen (secondary N) is 1. The van der Waals surface area contributed by atoms with E-state index in [9.17, 15) is 0 Å². The van der Waals surface area contributed by atoms with Crippen molar-refractivity contribution in [3.05, 3.63) is 36.4 Å². The lowest BCUT2D eigenvalue weighted by atomic mass is 10.4. The Hall–Kier alpha value is -1.18. The molecule has 0 aromatic heterocycles. The van der Waals surface area contributed by atoms with Gasteiger partial charge in [0.05, 0.1) is 0 Å². The second-order valence-corrected chi connectivity index (χ2v) is 1.45. The Labute approximate surface area is 47.8 Å². The third-order valence-corrected chi connectivity index (χ3v) is 0.802. The summed E-state index contributed by atoms with van der Waals surface area (Å²) >= 11 is 0. The van der Waals surface area contributed by atoms with E-state index in [2.05, 4.69) is 5.32 Å². The zero-order chi connectivity index (χ0) is 5.82. The van der Waals surface area contributed by atoms with Crippen LogP contribution < -0.4 is 5.32 Å². The zero-order valence-electron chi connectivity index (χ0n) is 4.33. The third-order valence-electron chi connectivity index (χ3n) is 0.802. The molecule has 0 spiro atoms. The summed E-state index contributed by atoms with van der Waals surface area (Å²) in [4.78, 5) is 0. The Kier molecular flexibility index (Phi) is 1.37. The Morgan fingerprint density at radius 1 is 1.38 bits per heavy atom. The van der Waals surface area contributed by atoms with Gasteiger partial charge in [-0.1, -0.05) is 6.08 Å². The zero-order valence-corrected chi connectivity index (χ0v) is 4.33. The first-order valence-electron chi connectivity index (χ1n) is 2.38. The molecule has 0 unspecified atom stereocenters. The highest BCUT2D eigenvalue weighted by molar-refractivity contribution is 5.19. The van der Waals surface area contributed by atoms with E-state index >= 15 is 0 Å². The van der Waals surface area contributed by atoms with Crippen molar-refractivity contribution in [2.75, 3.05) is 0 Å². The van der Waals surface area contributed by atoms with Gasteiger partial charge < -0.3 is 10.4 Å². The lowest BCUT2D eigenvalue weighted by Gasteiger charge is -1.85. The summed E-state index contributed by atoms with van der Waals surface area (Å²) in [5.41, 5.74) is 0. The number of allylic oxidation sites excluding steroid dienone is 3. The topological polar surface area (TPSA) is 32.3 Å². The van der Waals surface area contributed by atoms with Crippen LogP contribution in [0.1, 0.15) is 0 Å². The first kappa shape index (κ1) is 4.97. The Morgan fingerprint density at radius 2 is 2.25 bits per heavy atom. The minimum Gasteiger partial charge on any atom is -0.506 e. The maximum atomic E-state index is 8.76. The Balaban J connectivity index is 2.69. The number of aliphatic hydroxyl groups is 1. The van der Waals surface area contributed by atoms with Crippen molar-refractivity contribution in [2.45, 2.75) is 0 Å². The van der Waals surface area contributed by atoms with Crippen LogP contribution >= 0.6 is 0 Å². The molecule has 0 saturated carbocycles. The van der Waals surface area contributed by atoms with Crippen LogP contribution in [0.2, 0.25) is 0 Å². The Morgan fingerprint density at radius 3 is 3.12 bits per heavy atom. The fourth-order valence-electron chi connectivity index (χ4n) is 0.447. The van der Waals surface area contributed by atoms with Crippen molar-refractivity contribution >= 4 is 0 Å². The lowest BCUT2D eigenvalue weighted by Crippen LogP contribution is -1.91. The number of aliphatic hydroxyl groups excluding tert-OH is 1. The molecule has 0 bridgehead atoms.